The number of aromatic nitrogens is 4. The summed E-state index contributed by atoms with van der Waals surface area (Å²) in [7, 11) is 3.38. The minimum atomic E-state index is -0.848. The van der Waals surface area contributed by atoms with Crippen LogP contribution in [0.25, 0.3) is 0 Å². The van der Waals surface area contributed by atoms with E-state index >= 15 is 4.39 Å². The number of amides is 2. The summed E-state index contributed by atoms with van der Waals surface area (Å²) in [5.74, 6) is -1.80. The van der Waals surface area contributed by atoms with Gasteiger partial charge in [-0.05, 0) is 56.5 Å². The first-order chi connectivity index (χ1) is 23.7. The molecule has 2 atom stereocenters. The van der Waals surface area contributed by atoms with Crippen molar-refractivity contribution in [2.24, 2.45) is 11.8 Å². The quantitative estimate of drug-likeness (QED) is 0.255. The number of ether oxygens (including phenoxy) is 1. The lowest BCUT2D eigenvalue weighted by molar-refractivity contribution is -0.133. The SMILES string of the molecule is CCn1nccc1C(=O)C[C@H](C(=O)Nc1ccc(C[C@@H](Nc2ncc(C#N)c(OC)n2)C(=O)N2CCN(C)CC2)cc1F)C1CCCCC1. The van der Waals surface area contributed by atoms with Gasteiger partial charge in [-0.2, -0.15) is 15.3 Å². The summed E-state index contributed by atoms with van der Waals surface area (Å²) in [6, 6.07) is 7.26. The van der Waals surface area contributed by atoms with Crippen LogP contribution >= 0.6 is 0 Å². The lowest BCUT2D eigenvalue weighted by Gasteiger charge is -2.35. The van der Waals surface area contributed by atoms with Gasteiger partial charge in [0, 0.05) is 57.7 Å². The van der Waals surface area contributed by atoms with Crippen LogP contribution in [0.5, 0.6) is 5.88 Å². The Morgan fingerprint density at radius 3 is 2.55 bits per heavy atom. The molecule has 0 bridgehead atoms. The Morgan fingerprint density at radius 2 is 1.88 bits per heavy atom. The molecule has 260 valence electrons. The fourth-order valence-corrected chi connectivity index (χ4v) is 6.66. The fraction of sp³-hybridized carbons (Fsp3) is 0.514. The van der Waals surface area contributed by atoms with Crippen LogP contribution in [0.15, 0.2) is 36.7 Å². The molecule has 2 fully saturated rings. The van der Waals surface area contributed by atoms with Crippen molar-refractivity contribution in [1.82, 2.24) is 29.5 Å². The van der Waals surface area contributed by atoms with E-state index in [-0.39, 0.29) is 59.4 Å². The fourth-order valence-electron chi connectivity index (χ4n) is 6.66. The minimum absolute atomic E-state index is 0.00988. The zero-order valence-electron chi connectivity index (χ0n) is 28.3. The monoisotopic (exact) mass is 673 g/mol. The summed E-state index contributed by atoms with van der Waals surface area (Å²) in [6.07, 6.45) is 7.76. The van der Waals surface area contributed by atoms with Crippen molar-refractivity contribution in [1.29, 1.82) is 5.26 Å². The summed E-state index contributed by atoms with van der Waals surface area (Å²) in [4.78, 5) is 53.1. The second-order valence-corrected chi connectivity index (χ2v) is 12.7. The molecule has 3 heterocycles. The van der Waals surface area contributed by atoms with Crippen molar-refractivity contribution in [2.75, 3.05) is 51.0 Å². The zero-order valence-corrected chi connectivity index (χ0v) is 28.3. The van der Waals surface area contributed by atoms with E-state index in [0.29, 0.717) is 30.9 Å². The second-order valence-electron chi connectivity index (χ2n) is 12.7. The number of hydrogen-bond donors (Lipinski definition) is 2. The number of ketones is 1. The average molecular weight is 674 g/mol. The molecule has 2 amide bonds. The molecule has 1 saturated carbocycles. The van der Waals surface area contributed by atoms with Crippen LogP contribution in [0.1, 0.15) is 67.1 Å². The van der Waals surface area contributed by atoms with E-state index in [9.17, 15) is 19.6 Å². The third-order valence-corrected chi connectivity index (χ3v) is 9.48. The first kappa shape index (κ1) is 35.4. The van der Waals surface area contributed by atoms with Gasteiger partial charge in [0.05, 0.1) is 19.0 Å². The number of piperazine rings is 1. The molecule has 2 aliphatic rings. The largest absolute Gasteiger partial charge is 0.480 e. The number of aryl methyl sites for hydroxylation is 1. The lowest BCUT2D eigenvalue weighted by atomic mass is 9.77. The van der Waals surface area contributed by atoms with Crippen molar-refractivity contribution in [3.8, 4) is 11.9 Å². The molecule has 2 aromatic heterocycles. The van der Waals surface area contributed by atoms with Crippen molar-refractivity contribution in [3.63, 3.8) is 0 Å². The molecule has 0 radical (unpaired) electrons. The third-order valence-electron chi connectivity index (χ3n) is 9.48. The third kappa shape index (κ3) is 8.77. The maximum Gasteiger partial charge on any atom is 0.245 e. The van der Waals surface area contributed by atoms with E-state index in [1.54, 1.807) is 27.9 Å². The molecule has 14 heteroatoms. The molecular weight excluding hydrogens is 629 g/mol. The number of likely N-dealkylation sites (N-methyl/N-ethyl adjacent to an activating group) is 1. The van der Waals surface area contributed by atoms with Crippen LogP contribution in [0.2, 0.25) is 0 Å². The highest BCUT2D eigenvalue weighted by Gasteiger charge is 2.33. The van der Waals surface area contributed by atoms with Crippen LogP contribution in [0.4, 0.5) is 16.0 Å². The summed E-state index contributed by atoms with van der Waals surface area (Å²) < 4.78 is 22.5. The number of Topliss-reactive ketones (excluding diaryl/α,β-unsaturated/α-hetero) is 1. The topological polar surface area (TPSA) is 158 Å². The normalized spacial score (nSPS) is 16.8. The first-order valence-corrected chi connectivity index (χ1v) is 16.9. The number of nitrogens with zero attached hydrogens (tertiary/aromatic N) is 7. The molecule has 13 nitrogen and oxygen atoms in total. The number of benzene rings is 1. The Balaban J connectivity index is 1.33. The molecule has 1 aromatic carbocycles. The number of nitriles is 1. The summed E-state index contributed by atoms with van der Waals surface area (Å²) in [5.41, 5.74) is 1.14. The summed E-state index contributed by atoms with van der Waals surface area (Å²) in [5, 5.41) is 19.4. The number of hydrogen-bond acceptors (Lipinski definition) is 10. The van der Waals surface area contributed by atoms with E-state index in [4.69, 9.17) is 4.74 Å². The first-order valence-electron chi connectivity index (χ1n) is 16.9. The van der Waals surface area contributed by atoms with Gasteiger partial charge in [-0.25, -0.2) is 9.37 Å². The van der Waals surface area contributed by atoms with Crippen molar-refractivity contribution < 1.29 is 23.5 Å². The van der Waals surface area contributed by atoms with Crippen LogP contribution in [-0.4, -0.2) is 93.5 Å². The maximum absolute atomic E-state index is 15.7. The molecule has 0 spiro atoms. The van der Waals surface area contributed by atoms with Crippen LogP contribution < -0.4 is 15.4 Å². The van der Waals surface area contributed by atoms with Gasteiger partial charge >= 0.3 is 0 Å². The second kappa shape index (κ2) is 16.5. The number of anilines is 2. The molecule has 1 aliphatic heterocycles. The minimum Gasteiger partial charge on any atom is -0.480 e. The van der Waals surface area contributed by atoms with Crippen LogP contribution in [0.3, 0.4) is 0 Å². The molecule has 1 aliphatic carbocycles. The van der Waals surface area contributed by atoms with Gasteiger partial charge in [0.15, 0.2) is 5.78 Å². The predicted molar refractivity (Wildman–Crippen MR) is 180 cm³/mol. The van der Waals surface area contributed by atoms with E-state index < -0.39 is 17.8 Å². The Bertz CT molecular complexity index is 1680. The van der Waals surface area contributed by atoms with E-state index in [1.807, 2.05) is 20.0 Å². The van der Waals surface area contributed by atoms with Crippen molar-refractivity contribution >= 4 is 29.2 Å². The van der Waals surface area contributed by atoms with E-state index in [2.05, 4.69) is 30.6 Å². The van der Waals surface area contributed by atoms with Gasteiger partial charge < -0.3 is 25.2 Å². The highest BCUT2D eigenvalue weighted by Crippen LogP contribution is 2.34. The number of rotatable bonds is 13. The maximum atomic E-state index is 15.7. The number of nitrogens with one attached hydrogen (secondary N) is 2. The van der Waals surface area contributed by atoms with Gasteiger partial charge in [-0.3, -0.25) is 19.1 Å². The van der Waals surface area contributed by atoms with Gasteiger partial charge in [0.25, 0.3) is 0 Å². The zero-order chi connectivity index (χ0) is 34.9. The summed E-state index contributed by atoms with van der Waals surface area (Å²) >= 11 is 0. The van der Waals surface area contributed by atoms with Crippen LogP contribution in [0, 0.1) is 29.0 Å². The van der Waals surface area contributed by atoms with Gasteiger partial charge in [-0.15, -0.1) is 0 Å². The molecule has 2 N–H and O–H groups in total. The van der Waals surface area contributed by atoms with Crippen molar-refractivity contribution in [2.45, 2.75) is 64.5 Å². The Kier molecular flexibility index (Phi) is 11.9. The number of methoxy groups -OCH3 is 1. The van der Waals surface area contributed by atoms with Crippen LogP contribution in [-0.2, 0) is 22.6 Å². The number of carbonyl (C=O) groups excluding carboxylic acids is 3. The average Bonchev–Trinajstić information content (AvgIpc) is 3.61. The van der Waals surface area contributed by atoms with Gasteiger partial charge in [0.2, 0.25) is 23.6 Å². The van der Waals surface area contributed by atoms with Gasteiger partial charge in [0.1, 0.15) is 29.2 Å². The van der Waals surface area contributed by atoms with Gasteiger partial charge in [-0.1, -0.05) is 25.3 Å². The Labute approximate surface area is 285 Å². The number of carbonyl (C=O) groups is 3. The molecule has 49 heavy (non-hydrogen) atoms. The molecule has 1 saturated heterocycles. The smallest absolute Gasteiger partial charge is 0.245 e. The lowest BCUT2D eigenvalue weighted by Crippen LogP contribution is -2.52. The summed E-state index contributed by atoms with van der Waals surface area (Å²) in [6.45, 7) is 4.96. The Hall–Kier alpha value is -4.90. The number of halogens is 1. The Morgan fingerprint density at radius 1 is 1.12 bits per heavy atom. The molecule has 5 rings (SSSR count). The highest BCUT2D eigenvalue weighted by molar-refractivity contribution is 6.00. The predicted octanol–water partition coefficient (Wildman–Crippen LogP) is 3.92. The molecule has 3 aromatic rings. The van der Waals surface area contributed by atoms with Crippen molar-refractivity contribution in [3.05, 3.63) is 59.3 Å². The molecule has 0 unspecified atom stereocenters. The van der Waals surface area contributed by atoms with E-state index in [1.165, 1.54) is 25.4 Å². The highest BCUT2D eigenvalue weighted by atomic mass is 19.1. The van der Waals surface area contributed by atoms with E-state index in [0.717, 1.165) is 45.2 Å². The standard InChI is InChI=1S/C35H44FN9O4/c1-4-45-30(12-13-39-45)31(46)20-26(24-8-6-5-7-9-24)32(47)40-28-11-10-23(18-27(28)36)19-29(34(48)44-16-14-43(2)15-17-44)41-35-38-22-25(21-37)33(42-35)49-3/h10-13,18,22,24,26,29H,4-9,14-17,19-20H2,1-3H3,(H,40,47)(H,38,41,42)/t26-,29+/m0/s1. The molecular formula is C35H44FN9O4.